The molecule has 1 saturated carbocycles. The summed E-state index contributed by atoms with van der Waals surface area (Å²) in [5.74, 6) is -0.676. The van der Waals surface area contributed by atoms with E-state index in [0.717, 1.165) is 18.4 Å². The largest absolute Gasteiger partial charge is 0.481 e. The first-order chi connectivity index (χ1) is 9.90. The first-order valence-corrected chi connectivity index (χ1v) is 7.48. The average molecular weight is 289 g/mol. The molecule has 21 heavy (non-hydrogen) atoms. The van der Waals surface area contributed by atoms with E-state index in [0.29, 0.717) is 5.92 Å². The number of carbonyl (C=O) groups excluding carboxylic acids is 1. The lowest BCUT2D eigenvalue weighted by Gasteiger charge is -2.35. The van der Waals surface area contributed by atoms with E-state index < -0.39 is 11.4 Å². The van der Waals surface area contributed by atoms with Crippen LogP contribution in [0.4, 0.5) is 0 Å². The summed E-state index contributed by atoms with van der Waals surface area (Å²) in [6.45, 7) is 3.16. The van der Waals surface area contributed by atoms with E-state index >= 15 is 0 Å². The Bertz CT molecular complexity index is 506. The van der Waals surface area contributed by atoms with Crippen molar-refractivity contribution in [1.29, 1.82) is 0 Å². The fourth-order valence-corrected chi connectivity index (χ4v) is 2.61. The second kappa shape index (κ2) is 6.29. The molecule has 1 atom stereocenters. The van der Waals surface area contributed by atoms with Gasteiger partial charge in [-0.15, -0.1) is 0 Å². The third-order valence-corrected chi connectivity index (χ3v) is 4.28. The molecule has 1 fully saturated rings. The zero-order valence-corrected chi connectivity index (χ0v) is 12.6. The molecule has 1 aliphatic rings. The van der Waals surface area contributed by atoms with E-state index in [1.807, 2.05) is 30.3 Å². The second-order valence-corrected chi connectivity index (χ2v) is 6.51. The number of aliphatic carboxylic acids is 1. The normalized spacial score (nSPS) is 16.9. The van der Waals surface area contributed by atoms with Crippen LogP contribution in [0.25, 0.3) is 0 Å². The van der Waals surface area contributed by atoms with E-state index in [-0.39, 0.29) is 18.4 Å². The number of carbonyl (C=O) groups is 2. The van der Waals surface area contributed by atoms with Crippen LogP contribution in [-0.2, 0) is 9.59 Å². The number of amides is 1. The highest BCUT2D eigenvalue weighted by molar-refractivity contribution is 5.84. The van der Waals surface area contributed by atoms with Gasteiger partial charge in [0, 0.05) is 6.42 Å². The molecule has 0 bridgehead atoms. The van der Waals surface area contributed by atoms with Crippen molar-refractivity contribution in [2.45, 2.75) is 45.6 Å². The number of hydrogen-bond donors (Lipinski definition) is 2. The Labute approximate surface area is 125 Å². The van der Waals surface area contributed by atoms with Gasteiger partial charge in [0.05, 0.1) is 11.5 Å². The van der Waals surface area contributed by atoms with Crippen molar-refractivity contribution in [3.05, 3.63) is 35.9 Å². The van der Waals surface area contributed by atoms with Crippen LogP contribution in [0.2, 0.25) is 0 Å². The zero-order valence-electron chi connectivity index (χ0n) is 12.6. The van der Waals surface area contributed by atoms with Gasteiger partial charge in [-0.25, -0.2) is 0 Å². The van der Waals surface area contributed by atoms with Crippen molar-refractivity contribution in [3.8, 4) is 0 Å². The molecule has 4 heteroatoms. The van der Waals surface area contributed by atoms with Crippen LogP contribution in [0, 0.1) is 11.3 Å². The second-order valence-electron chi connectivity index (χ2n) is 6.51. The summed E-state index contributed by atoms with van der Waals surface area (Å²) >= 11 is 0. The van der Waals surface area contributed by atoms with Crippen LogP contribution in [-0.4, -0.2) is 17.0 Å². The number of carboxylic acid groups (broad SMARTS) is 1. The van der Waals surface area contributed by atoms with E-state index in [9.17, 15) is 9.59 Å². The fourth-order valence-electron chi connectivity index (χ4n) is 2.61. The van der Waals surface area contributed by atoms with Crippen LogP contribution >= 0.6 is 0 Å². The van der Waals surface area contributed by atoms with Gasteiger partial charge in [0.1, 0.15) is 0 Å². The summed E-state index contributed by atoms with van der Waals surface area (Å²) in [4.78, 5) is 23.4. The Morgan fingerprint density at radius 3 is 2.38 bits per heavy atom. The number of rotatable bonds is 6. The molecule has 1 aromatic carbocycles. The third kappa shape index (κ3) is 3.84. The highest BCUT2D eigenvalue weighted by atomic mass is 16.4. The van der Waals surface area contributed by atoms with Gasteiger partial charge in [0.25, 0.3) is 0 Å². The van der Waals surface area contributed by atoms with Crippen molar-refractivity contribution in [2.24, 2.45) is 11.3 Å². The van der Waals surface area contributed by atoms with Gasteiger partial charge in [-0.3, -0.25) is 9.59 Å². The molecule has 1 amide bonds. The quantitative estimate of drug-likeness (QED) is 0.845. The fraction of sp³-hybridized carbons (Fsp3) is 0.529. The van der Waals surface area contributed by atoms with Gasteiger partial charge in [0.15, 0.2) is 0 Å². The first-order valence-electron chi connectivity index (χ1n) is 7.48. The average Bonchev–Trinajstić information content (AvgIpc) is 2.36. The molecule has 0 heterocycles. The van der Waals surface area contributed by atoms with Crippen LogP contribution in [0.3, 0.4) is 0 Å². The van der Waals surface area contributed by atoms with Crippen LogP contribution in [0.5, 0.6) is 0 Å². The molecule has 0 aliphatic heterocycles. The monoisotopic (exact) mass is 289 g/mol. The van der Waals surface area contributed by atoms with Gasteiger partial charge in [-0.1, -0.05) is 36.8 Å². The molecule has 0 spiro atoms. The Hall–Kier alpha value is -1.84. The van der Waals surface area contributed by atoms with Gasteiger partial charge in [0.2, 0.25) is 5.91 Å². The molecule has 0 radical (unpaired) electrons. The summed E-state index contributed by atoms with van der Waals surface area (Å²) in [6.07, 6.45) is 3.42. The van der Waals surface area contributed by atoms with Crippen LogP contribution in [0.15, 0.2) is 30.3 Å². The lowest BCUT2D eigenvalue weighted by Crippen LogP contribution is -2.39. The van der Waals surface area contributed by atoms with Crippen molar-refractivity contribution >= 4 is 11.9 Å². The Balaban J connectivity index is 2.06. The maximum Gasteiger partial charge on any atom is 0.309 e. The molecule has 114 valence electrons. The minimum absolute atomic E-state index is 0.00160. The zero-order chi connectivity index (χ0) is 15.5. The minimum Gasteiger partial charge on any atom is -0.481 e. The molecule has 0 aromatic heterocycles. The Morgan fingerprint density at radius 2 is 1.90 bits per heavy atom. The van der Waals surface area contributed by atoms with Gasteiger partial charge in [-0.05, 0) is 38.2 Å². The minimum atomic E-state index is -1.04. The van der Waals surface area contributed by atoms with Crippen LogP contribution in [0.1, 0.15) is 51.1 Å². The molecule has 1 aromatic rings. The molecule has 4 nitrogen and oxygen atoms in total. The highest BCUT2D eigenvalue weighted by Crippen LogP contribution is 2.38. The molecule has 0 saturated heterocycles. The maximum absolute atomic E-state index is 12.2. The Morgan fingerprint density at radius 1 is 1.29 bits per heavy atom. The number of carboxylic acids is 1. The molecule has 0 unspecified atom stereocenters. The van der Waals surface area contributed by atoms with Crippen molar-refractivity contribution in [3.63, 3.8) is 0 Å². The summed E-state index contributed by atoms with van der Waals surface area (Å²) in [6, 6.07) is 9.92. The maximum atomic E-state index is 12.2. The predicted molar refractivity (Wildman–Crippen MR) is 80.7 cm³/mol. The SMILES string of the molecule is CC(C)(CC(=O)N[C@@H](c1ccccc1)C1CCC1)C(=O)O. The predicted octanol–water partition coefficient (Wildman–Crippen LogP) is 3.14. The molecular weight excluding hydrogens is 266 g/mol. The smallest absolute Gasteiger partial charge is 0.309 e. The summed E-state index contributed by atoms with van der Waals surface area (Å²) in [7, 11) is 0. The van der Waals surface area contributed by atoms with E-state index in [2.05, 4.69) is 5.32 Å². The molecule has 1 aliphatic carbocycles. The van der Waals surface area contributed by atoms with E-state index in [4.69, 9.17) is 5.11 Å². The topological polar surface area (TPSA) is 66.4 Å². The Kier molecular flexibility index (Phi) is 4.66. The highest BCUT2D eigenvalue weighted by Gasteiger charge is 2.33. The molecule has 2 N–H and O–H groups in total. The van der Waals surface area contributed by atoms with Crippen molar-refractivity contribution in [2.75, 3.05) is 0 Å². The van der Waals surface area contributed by atoms with Crippen LogP contribution < -0.4 is 5.32 Å². The van der Waals surface area contributed by atoms with Gasteiger partial charge >= 0.3 is 5.97 Å². The summed E-state index contributed by atoms with van der Waals surface area (Å²) in [5, 5.41) is 12.2. The van der Waals surface area contributed by atoms with Crippen molar-refractivity contribution in [1.82, 2.24) is 5.32 Å². The standard InChI is InChI=1S/C17H23NO3/c1-17(2,16(20)21)11-14(19)18-15(13-9-6-10-13)12-7-4-3-5-8-12/h3-5,7-8,13,15H,6,9-11H2,1-2H3,(H,18,19)(H,20,21)/t15-/m0/s1. The lowest BCUT2D eigenvalue weighted by atomic mass is 9.77. The third-order valence-electron chi connectivity index (χ3n) is 4.28. The van der Waals surface area contributed by atoms with E-state index in [1.54, 1.807) is 13.8 Å². The summed E-state index contributed by atoms with van der Waals surface area (Å²) < 4.78 is 0. The molecule has 2 rings (SSSR count). The van der Waals surface area contributed by atoms with Gasteiger partial charge < -0.3 is 10.4 Å². The molecular formula is C17H23NO3. The first kappa shape index (κ1) is 15.5. The summed E-state index contributed by atoms with van der Waals surface area (Å²) in [5.41, 5.74) is 0.0639. The van der Waals surface area contributed by atoms with E-state index in [1.165, 1.54) is 6.42 Å². The lowest BCUT2D eigenvalue weighted by molar-refractivity contribution is -0.149. The van der Waals surface area contributed by atoms with Crippen molar-refractivity contribution < 1.29 is 14.7 Å². The van der Waals surface area contributed by atoms with Gasteiger partial charge in [-0.2, -0.15) is 0 Å². The number of nitrogens with one attached hydrogen (secondary N) is 1. The number of hydrogen-bond acceptors (Lipinski definition) is 2. The number of benzene rings is 1.